The summed E-state index contributed by atoms with van der Waals surface area (Å²) in [5, 5.41) is 5.68. The van der Waals surface area contributed by atoms with E-state index in [4.69, 9.17) is 10.5 Å². The standard InChI is InChI=1S/C11H19N5O2/c1-11(2,3)16-8(17)6-13-7-5-9(18-4)15-10(12)14-7/h5H,6H2,1-4H3,(H,16,17)(H3,12,13,14,15). The van der Waals surface area contributed by atoms with Gasteiger partial charge in [-0.2, -0.15) is 9.97 Å². The molecule has 0 aliphatic carbocycles. The topological polar surface area (TPSA) is 102 Å². The van der Waals surface area contributed by atoms with Crippen LogP contribution in [0, 0.1) is 0 Å². The molecule has 0 saturated heterocycles. The number of carbonyl (C=O) groups is 1. The van der Waals surface area contributed by atoms with Crippen LogP contribution in [0.15, 0.2) is 6.07 Å². The van der Waals surface area contributed by atoms with Crippen molar-refractivity contribution in [3.63, 3.8) is 0 Å². The number of nitrogens with zero attached hydrogens (tertiary/aromatic N) is 2. The van der Waals surface area contributed by atoms with Crippen molar-refractivity contribution in [1.82, 2.24) is 15.3 Å². The molecule has 0 unspecified atom stereocenters. The highest BCUT2D eigenvalue weighted by Gasteiger charge is 2.13. The second-order valence-corrected chi connectivity index (χ2v) is 4.81. The number of amides is 1. The van der Waals surface area contributed by atoms with Crippen LogP contribution in [0.1, 0.15) is 20.8 Å². The number of nitrogen functional groups attached to an aromatic ring is 1. The Morgan fingerprint density at radius 2 is 2.11 bits per heavy atom. The summed E-state index contributed by atoms with van der Waals surface area (Å²) in [6.45, 7) is 5.85. The number of aromatic nitrogens is 2. The van der Waals surface area contributed by atoms with Crippen molar-refractivity contribution in [2.75, 3.05) is 24.7 Å². The first kappa shape index (κ1) is 14.0. The van der Waals surface area contributed by atoms with Crippen LogP contribution in [0.5, 0.6) is 5.88 Å². The Labute approximate surface area is 106 Å². The number of rotatable bonds is 4. The van der Waals surface area contributed by atoms with E-state index in [9.17, 15) is 4.79 Å². The molecule has 0 aliphatic heterocycles. The van der Waals surface area contributed by atoms with E-state index < -0.39 is 0 Å². The van der Waals surface area contributed by atoms with Gasteiger partial charge in [-0.3, -0.25) is 4.79 Å². The monoisotopic (exact) mass is 253 g/mol. The van der Waals surface area contributed by atoms with Crippen LogP contribution >= 0.6 is 0 Å². The van der Waals surface area contributed by atoms with Crippen molar-refractivity contribution in [3.05, 3.63) is 6.07 Å². The first-order valence-electron chi connectivity index (χ1n) is 5.53. The maximum Gasteiger partial charge on any atom is 0.239 e. The summed E-state index contributed by atoms with van der Waals surface area (Å²) in [7, 11) is 1.48. The maximum absolute atomic E-state index is 11.6. The van der Waals surface area contributed by atoms with Gasteiger partial charge < -0.3 is 21.1 Å². The number of anilines is 2. The van der Waals surface area contributed by atoms with Crippen LogP contribution in [0.25, 0.3) is 0 Å². The summed E-state index contributed by atoms with van der Waals surface area (Å²) in [5.74, 6) is 0.761. The van der Waals surface area contributed by atoms with Gasteiger partial charge in [-0.15, -0.1) is 0 Å². The Morgan fingerprint density at radius 1 is 1.44 bits per heavy atom. The van der Waals surface area contributed by atoms with Gasteiger partial charge in [0.15, 0.2) is 0 Å². The SMILES string of the molecule is COc1cc(NCC(=O)NC(C)(C)C)nc(N)n1. The molecule has 1 amide bonds. The molecule has 1 aromatic rings. The summed E-state index contributed by atoms with van der Waals surface area (Å²) in [5.41, 5.74) is 5.24. The minimum Gasteiger partial charge on any atom is -0.481 e. The first-order valence-corrected chi connectivity index (χ1v) is 5.53. The lowest BCUT2D eigenvalue weighted by molar-refractivity contribution is -0.120. The normalized spacial score (nSPS) is 10.9. The predicted molar refractivity (Wildman–Crippen MR) is 69.4 cm³/mol. The Kier molecular flexibility index (Phi) is 4.30. The zero-order chi connectivity index (χ0) is 13.8. The summed E-state index contributed by atoms with van der Waals surface area (Å²) >= 11 is 0. The molecule has 1 heterocycles. The van der Waals surface area contributed by atoms with E-state index in [0.717, 1.165) is 0 Å². The third kappa shape index (κ3) is 4.86. The first-order chi connectivity index (χ1) is 8.30. The number of hydrogen-bond acceptors (Lipinski definition) is 6. The van der Waals surface area contributed by atoms with Crippen LogP contribution in [0.3, 0.4) is 0 Å². The molecule has 100 valence electrons. The summed E-state index contributed by atoms with van der Waals surface area (Å²) in [6, 6.07) is 1.57. The molecule has 0 radical (unpaired) electrons. The molecule has 0 spiro atoms. The van der Waals surface area contributed by atoms with Gasteiger partial charge in [0, 0.05) is 11.6 Å². The Bertz CT molecular complexity index is 428. The number of ether oxygens (including phenoxy) is 1. The van der Waals surface area contributed by atoms with E-state index >= 15 is 0 Å². The average molecular weight is 253 g/mol. The number of carbonyl (C=O) groups excluding carboxylic acids is 1. The molecule has 0 saturated carbocycles. The maximum atomic E-state index is 11.6. The third-order valence-electron chi connectivity index (χ3n) is 1.87. The molecule has 7 nitrogen and oxygen atoms in total. The fourth-order valence-electron chi connectivity index (χ4n) is 1.27. The van der Waals surface area contributed by atoms with Gasteiger partial charge in [0.25, 0.3) is 0 Å². The lowest BCUT2D eigenvalue weighted by atomic mass is 10.1. The van der Waals surface area contributed by atoms with Crippen molar-refractivity contribution in [1.29, 1.82) is 0 Å². The molecule has 1 aromatic heterocycles. The van der Waals surface area contributed by atoms with Gasteiger partial charge in [-0.25, -0.2) is 0 Å². The number of hydrogen-bond donors (Lipinski definition) is 3. The molecular formula is C11H19N5O2. The Hall–Kier alpha value is -2.05. The summed E-state index contributed by atoms with van der Waals surface area (Å²) < 4.78 is 4.95. The molecule has 1 rings (SSSR count). The Morgan fingerprint density at radius 3 is 2.67 bits per heavy atom. The highest BCUT2D eigenvalue weighted by molar-refractivity contribution is 5.81. The van der Waals surface area contributed by atoms with Crippen molar-refractivity contribution >= 4 is 17.7 Å². The zero-order valence-electron chi connectivity index (χ0n) is 11.1. The highest BCUT2D eigenvalue weighted by atomic mass is 16.5. The molecule has 7 heteroatoms. The van der Waals surface area contributed by atoms with Crippen LogP contribution < -0.4 is 21.1 Å². The predicted octanol–water partition coefficient (Wildman–Crippen LogP) is 0.394. The van der Waals surface area contributed by atoms with E-state index in [1.807, 2.05) is 20.8 Å². The van der Waals surface area contributed by atoms with Gasteiger partial charge in [0.05, 0.1) is 13.7 Å². The minimum atomic E-state index is -0.263. The van der Waals surface area contributed by atoms with Crippen LogP contribution in [0.4, 0.5) is 11.8 Å². The molecular weight excluding hydrogens is 234 g/mol. The lowest BCUT2D eigenvalue weighted by Gasteiger charge is -2.20. The Balaban J connectivity index is 2.58. The second kappa shape index (κ2) is 5.52. The lowest BCUT2D eigenvalue weighted by Crippen LogP contribution is -2.43. The molecule has 0 bridgehead atoms. The fraction of sp³-hybridized carbons (Fsp3) is 0.545. The number of methoxy groups -OCH3 is 1. The van der Waals surface area contributed by atoms with Gasteiger partial charge in [0.1, 0.15) is 5.82 Å². The van der Waals surface area contributed by atoms with E-state index in [2.05, 4.69) is 20.6 Å². The fourth-order valence-corrected chi connectivity index (χ4v) is 1.27. The van der Waals surface area contributed by atoms with Crippen molar-refractivity contribution in [3.8, 4) is 5.88 Å². The van der Waals surface area contributed by atoms with Gasteiger partial charge in [0.2, 0.25) is 17.7 Å². The summed E-state index contributed by atoms with van der Waals surface area (Å²) in [6.07, 6.45) is 0. The van der Waals surface area contributed by atoms with Crippen molar-refractivity contribution in [2.45, 2.75) is 26.3 Å². The van der Waals surface area contributed by atoms with Crippen molar-refractivity contribution in [2.24, 2.45) is 0 Å². The van der Waals surface area contributed by atoms with Gasteiger partial charge in [-0.1, -0.05) is 0 Å². The highest BCUT2D eigenvalue weighted by Crippen LogP contribution is 2.13. The van der Waals surface area contributed by atoms with Gasteiger partial charge >= 0.3 is 0 Å². The number of nitrogens with two attached hydrogens (primary N) is 1. The molecule has 0 aliphatic rings. The minimum absolute atomic E-state index is 0.0908. The van der Waals surface area contributed by atoms with Crippen molar-refractivity contribution < 1.29 is 9.53 Å². The quantitative estimate of drug-likeness (QED) is 0.717. The van der Waals surface area contributed by atoms with E-state index in [-0.39, 0.29) is 23.9 Å². The molecule has 4 N–H and O–H groups in total. The molecule has 0 fully saturated rings. The second-order valence-electron chi connectivity index (χ2n) is 4.81. The largest absolute Gasteiger partial charge is 0.481 e. The van der Waals surface area contributed by atoms with Gasteiger partial charge in [-0.05, 0) is 20.8 Å². The number of nitrogens with one attached hydrogen (secondary N) is 2. The third-order valence-corrected chi connectivity index (χ3v) is 1.87. The molecule has 0 aromatic carbocycles. The molecule has 18 heavy (non-hydrogen) atoms. The zero-order valence-corrected chi connectivity index (χ0v) is 11.1. The van der Waals surface area contributed by atoms with Crippen LogP contribution in [0.2, 0.25) is 0 Å². The van der Waals surface area contributed by atoms with E-state index in [0.29, 0.717) is 11.7 Å². The average Bonchev–Trinajstić information content (AvgIpc) is 2.23. The summed E-state index contributed by atoms with van der Waals surface area (Å²) in [4.78, 5) is 19.4. The molecule has 0 atom stereocenters. The smallest absolute Gasteiger partial charge is 0.239 e. The van der Waals surface area contributed by atoms with E-state index in [1.54, 1.807) is 6.07 Å². The van der Waals surface area contributed by atoms with E-state index in [1.165, 1.54) is 7.11 Å². The van der Waals surface area contributed by atoms with Crippen LogP contribution in [-0.2, 0) is 4.79 Å². The van der Waals surface area contributed by atoms with Crippen LogP contribution in [-0.4, -0.2) is 35.1 Å².